The molecule has 38 heavy (non-hydrogen) atoms. The van der Waals surface area contributed by atoms with Crippen molar-refractivity contribution in [2.45, 2.75) is 82.7 Å². The van der Waals surface area contributed by atoms with Crippen molar-refractivity contribution in [2.24, 2.45) is 0 Å². The summed E-state index contributed by atoms with van der Waals surface area (Å²) < 4.78 is 82.4. The zero-order valence-corrected chi connectivity index (χ0v) is 21.4. The molecule has 4 heterocycles. The molecule has 1 atom stereocenters. The number of aromatic nitrogens is 4. The number of nitrogens with one attached hydrogen (secondary N) is 2. The zero-order valence-electron chi connectivity index (χ0n) is 21.4. The summed E-state index contributed by atoms with van der Waals surface area (Å²) in [7, 11) is 0. The molecule has 2 aromatic rings. The van der Waals surface area contributed by atoms with E-state index in [2.05, 4.69) is 25.6 Å². The smallest absolute Gasteiger partial charge is 0.356 e. The van der Waals surface area contributed by atoms with Crippen molar-refractivity contribution in [1.29, 1.82) is 0 Å². The highest BCUT2D eigenvalue weighted by molar-refractivity contribution is 5.94. The Morgan fingerprint density at radius 3 is 2.37 bits per heavy atom. The monoisotopic (exact) mass is 547 g/mol. The van der Waals surface area contributed by atoms with E-state index in [-0.39, 0.29) is 34.3 Å². The minimum atomic E-state index is -4.65. The summed E-state index contributed by atoms with van der Waals surface area (Å²) in [6.07, 6.45) is -7.40. The fourth-order valence-electron chi connectivity index (χ4n) is 4.99. The van der Waals surface area contributed by atoms with E-state index in [0.29, 0.717) is 44.8 Å². The quantitative estimate of drug-likeness (QED) is 0.517. The van der Waals surface area contributed by atoms with Crippen LogP contribution in [0.2, 0.25) is 0 Å². The maximum Gasteiger partial charge on any atom is 0.396 e. The van der Waals surface area contributed by atoms with E-state index in [1.807, 2.05) is 20.8 Å². The lowest BCUT2D eigenvalue weighted by atomic mass is 9.90. The highest BCUT2D eigenvalue weighted by Crippen LogP contribution is 2.46. The number of alkyl halides is 6. The molecule has 0 radical (unpaired) electrons. The maximum absolute atomic E-state index is 13.8. The lowest BCUT2D eigenvalue weighted by Gasteiger charge is -2.36. The van der Waals surface area contributed by atoms with Crippen LogP contribution in [-0.4, -0.2) is 63.0 Å². The van der Waals surface area contributed by atoms with Gasteiger partial charge in [-0.2, -0.15) is 26.3 Å². The first-order valence-electron chi connectivity index (χ1n) is 12.4. The van der Waals surface area contributed by atoms with Crippen molar-refractivity contribution in [3.63, 3.8) is 0 Å². The van der Waals surface area contributed by atoms with Crippen LogP contribution in [-0.2, 0) is 17.8 Å². The van der Waals surface area contributed by atoms with Gasteiger partial charge in [0.05, 0.1) is 23.6 Å². The largest absolute Gasteiger partial charge is 0.396 e. The average Bonchev–Trinajstić information content (AvgIpc) is 3.17. The highest BCUT2D eigenvalue weighted by atomic mass is 19.4. The van der Waals surface area contributed by atoms with E-state index >= 15 is 0 Å². The fraction of sp³-hybridized carbons (Fsp3) is 0.667. The van der Waals surface area contributed by atoms with Crippen molar-refractivity contribution in [1.82, 2.24) is 24.8 Å². The summed E-state index contributed by atoms with van der Waals surface area (Å²) >= 11 is 0. The first-order chi connectivity index (χ1) is 17.6. The molecule has 4 rings (SSSR count). The highest BCUT2D eigenvalue weighted by Gasteiger charge is 2.48. The normalized spacial score (nSPS) is 19.4. The maximum atomic E-state index is 13.8. The van der Waals surface area contributed by atoms with E-state index in [4.69, 9.17) is 0 Å². The van der Waals surface area contributed by atoms with Crippen molar-refractivity contribution < 1.29 is 31.1 Å². The number of fused-ring (bicyclic) bond motifs is 1. The van der Waals surface area contributed by atoms with Crippen molar-refractivity contribution in [3.8, 4) is 0 Å². The van der Waals surface area contributed by atoms with Gasteiger partial charge in [0.25, 0.3) is 0 Å². The second-order valence-corrected chi connectivity index (χ2v) is 10.8. The van der Waals surface area contributed by atoms with Crippen LogP contribution in [0.15, 0.2) is 12.5 Å². The molecule has 2 aromatic heterocycles. The van der Waals surface area contributed by atoms with Gasteiger partial charge in [0.2, 0.25) is 5.91 Å². The Morgan fingerprint density at radius 2 is 1.76 bits per heavy atom. The Morgan fingerprint density at radius 1 is 1.08 bits per heavy atom. The van der Waals surface area contributed by atoms with Gasteiger partial charge in [0, 0.05) is 50.3 Å². The number of carbonyl (C=O) groups excluding carboxylic acids is 1. The topological polar surface area (TPSA) is 88.0 Å². The van der Waals surface area contributed by atoms with Gasteiger partial charge in [-0.3, -0.25) is 4.79 Å². The third-order valence-corrected chi connectivity index (χ3v) is 6.66. The number of hydrogen-bond acceptors (Lipinski definition) is 6. The van der Waals surface area contributed by atoms with Crippen LogP contribution in [0.25, 0.3) is 0 Å². The van der Waals surface area contributed by atoms with E-state index in [1.165, 1.54) is 6.20 Å². The number of rotatable bonds is 6. The summed E-state index contributed by atoms with van der Waals surface area (Å²) in [6, 6.07) is 0. The Bertz CT molecular complexity index is 1150. The summed E-state index contributed by atoms with van der Waals surface area (Å²) in [4.78, 5) is 25.9. The Hall–Kier alpha value is -2.90. The molecule has 8 nitrogen and oxygen atoms in total. The Balaban J connectivity index is 1.54. The molecule has 0 bridgehead atoms. The Kier molecular flexibility index (Phi) is 7.65. The van der Waals surface area contributed by atoms with Gasteiger partial charge in [0.1, 0.15) is 23.8 Å². The molecule has 0 aliphatic carbocycles. The molecule has 2 aliphatic rings. The summed E-state index contributed by atoms with van der Waals surface area (Å²) in [5.74, 6) is -2.42. The summed E-state index contributed by atoms with van der Waals surface area (Å²) in [6.45, 7) is 7.61. The molecule has 2 N–H and O–H groups in total. The van der Waals surface area contributed by atoms with Crippen LogP contribution >= 0.6 is 0 Å². The van der Waals surface area contributed by atoms with Crippen LogP contribution < -0.4 is 15.5 Å². The van der Waals surface area contributed by atoms with Crippen molar-refractivity contribution in [3.05, 3.63) is 29.6 Å². The van der Waals surface area contributed by atoms with E-state index in [9.17, 15) is 31.1 Å². The van der Waals surface area contributed by atoms with Crippen LogP contribution in [0, 0.1) is 0 Å². The molecule has 1 fully saturated rings. The molecule has 0 spiro atoms. The summed E-state index contributed by atoms with van der Waals surface area (Å²) in [5, 5.41) is 5.73. The van der Waals surface area contributed by atoms with Gasteiger partial charge < -0.3 is 20.1 Å². The predicted molar refractivity (Wildman–Crippen MR) is 128 cm³/mol. The van der Waals surface area contributed by atoms with Gasteiger partial charge in [-0.25, -0.2) is 15.0 Å². The molecule has 210 valence electrons. The number of carbonyl (C=O) groups is 1. The third kappa shape index (κ3) is 6.75. The lowest BCUT2D eigenvalue weighted by molar-refractivity contribution is -0.156. The summed E-state index contributed by atoms with van der Waals surface area (Å²) in [5.41, 5.74) is -0.370. The molecular weight excluding hydrogens is 516 g/mol. The van der Waals surface area contributed by atoms with E-state index < -0.39 is 37.0 Å². The first kappa shape index (κ1) is 28.1. The van der Waals surface area contributed by atoms with Crippen LogP contribution in [0.1, 0.15) is 69.0 Å². The SMILES string of the molecule is CC(C)(C)NCCn1cc(CC(F)(F)F)nc1C1CCN(c2ncnc3c2[C@H](C(F)(F)F)CC(=O)N3)CC1. The second-order valence-electron chi connectivity index (χ2n) is 10.8. The lowest BCUT2D eigenvalue weighted by Crippen LogP contribution is -2.39. The predicted octanol–water partition coefficient (Wildman–Crippen LogP) is 4.54. The van der Waals surface area contributed by atoms with Gasteiger partial charge in [-0.1, -0.05) is 0 Å². The number of piperidine rings is 1. The molecule has 1 saturated heterocycles. The Labute approximate surface area is 216 Å². The number of anilines is 2. The van der Waals surface area contributed by atoms with Gasteiger partial charge in [-0.05, 0) is 33.6 Å². The van der Waals surface area contributed by atoms with Gasteiger partial charge >= 0.3 is 12.4 Å². The molecule has 14 heteroatoms. The standard InChI is InChI=1S/C24H31F6N7O/c1-22(2,3)33-6-9-37-12-15(11-23(25,26)27)34-20(37)14-4-7-36(8-5-14)21-18-16(24(28,29)30)10-17(38)35-19(18)31-13-32-21/h12-14,16,33H,4-11H2,1-3H3,(H,31,32,35,38)/t16-/m1/s1. The van der Waals surface area contributed by atoms with Crippen LogP contribution in [0.4, 0.5) is 38.0 Å². The van der Waals surface area contributed by atoms with Crippen molar-refractivity contribution in [2.75, 3.05) is 29.9 Å². The molecule has 0 saturated carbocycles. The average molecular weight is 548 g/mol. The minimum absolute atomic E-state index is 0.0562. The number of hydrogen-bond donors (Lipinski definition) is 2. The van der Waals surface area contributed by atoms with Crippen LogP contribution in [0.3, 0.4) is 0 Å². The third-order valence-electron chi connectivity index (χ3n) is 6.66. The molecule has 1 amide bonds. The van der Waals surface area contributed by atoms with Crippen LogP contribution in [0.5, 0.6) is 0 Å². The number of amides is 1. The van der Waals surface area contributed by atoms with Gasteiger partial charge in [0.15, 0.2) is 0 Å². The number of halogens is 6. The molecule has 0 aromatic carbocycles. The minimum Gasteiger partial charge on any atom is -0.356 e. The molecule has 2 aliphatic heterocycles. The molecular formula is C24H31F6N7O. The van der Waals surface area contributed by atoms with E-state index in [0.717, 1.165) is 6.33 Å². The number of nitrogens with zero attached hydrogens (tertiary/aromatic N) is 5. The van der Waals surface area contributed by atoms with E-state index in [1.54, 1.807) is 9.47 Å². The van der Waals surface area contributed by atoms with Gasteiger partial charge in [-0.15, -0.1) is 0 Å². The zero-order chi connectivity index (χ0) is 27.9. The second kappa shape index (κ2) is 10.3. The fourth-order valence-corrected chi connectivity index (χ4v) is 4.99. The molecule has 0 unspecified atom stereocenters. The van der Waals surface area contributed by atoms with Crippen molar-refractivity contribution >= 4 is 17.5 Å². The first-order valence-corrected chi connectivity index (χ1v) is 12.4. The number of imidazole rings is 1.